The minimum absolute atomic E-state index is 0.0137. The molecule has 5 heteroatoms. The molecule has 2 aromatic carbocycles. The number of carbonyl (C=O) groups is 1. The van der Waals surface area contributed by atoms with Gasteiger partial charge in [0.25, 0.3) is 0 Å². The number of ether oxygens (including phenoxy) is 4. The molecular weight excluding hydrogens is 380 g/mol. The lowest BCUT2D eigenvalue weighted by Gasteiger charge is -2.27. The Bertz CT molecular complexity index is 918. The molecule has 0 saturated heterocycles. The van der Waals surface area contributed by atoms with E-state index in [1.807, 2.05) is 56.3 Å². The quantitative estimate of drug-likeness (QED) is 0.404. The molecule has 2 aromatic rings. The molecule has 1 aliphatic heterocycles. The van der Waals surface area contributed by atoms with Crippen LogP contribution < -0.4 is 18.9 Å². The van der Waals surface area contributed by atoms with Crippen LogP contribution in [-0.4, -0.2) is 32.2 Å². The van der Waals surface area contributed by atoms with Gasteiger partial charge in [-0.1, -0.05) is 19.4 Å². The van der Waals surface area contributed by atoms with Gasteiger partial charge < -0.3 is 18.9 Å². The maximum absolute atomic E-state index is 12.9. The third kappa shape index (κ3) is 4.96. The van der Waals surface area contributed by atoms with E-state index in [1.54, 1.807) is 14.2 Å². The Morgan fingerprint density at radius 1 is 1.07 bits per heavy atom. The van der Waals surface area contributed by atoms with E-state index in [4.69, 9.17) is 18.9 Å². The smallest absolute Gasteiger partial charge is 0.203 e. The van der Waals surface area contributed by atoms with Crippen LogP contribution in [0.2, 0.25) is 0 Å². The van der Waals surface area contributed by atoms with Gasteiger partial charge in [0.2, 0.25) is 5.75 Å². The normalized spacial score (nSPS) is 13.9. The number of methoxy groups -OCH3 is 2. The molecule has 5 nitrogen and oxygen atoms in total. The highest BCUT2D eigenvalue weighted by Gasteiger charge is 2.22. The number of carbonyl (C=O) groups excluding carboxylic acids is 1. The molecule has 3 rings (SSSR count). The number of Topliss-reactive ketones (excluding diaryl/α,β-unsaturated/α-hetero) is 1. The average Bonchev–Trinajstić information content (AvgIpc) is 2.73. The second kappa shape index (κ2) is 9.24. The second-order valence-electron chi connectivity index (χ2n) is 7.92. The van der Waals surface area contributed by atoms with E-state index in [0.717, 1.165) is 29.7 Å². The molecule has 160 valence electrons. The third-order valence-corrected chi connectivity index (χ3v) is 5.00. The minimum Gasteiger partial charge on any atom is -0.493 e. The van der Waals surface area contributed by atoms with Crippen LogP contribution >= 0.6 is 0 Å². The van der Waals surface area contributed by atoms with Crippen molar-refractivity contribution in [2.24, 2.45) is 0 Å². The van der Waals surface area contributed by atoms with E-state index >= 15 is 0 Å². The molecule has 0 amide bonds. The highest BCUT2D eigenvalue weighted by molar-refractivity contribution is 5.98. The molecule has 1 aliphatic rings. The summed E-state index contributed by atoms with van der Waals surface area (Å²) in [7, 11) is 3.18. The second-order valence-corrected chi connectivity index (χ2v) is 7.92. The van der Waals surface area contributed by atoms with E-state index in [-0.39, 0.29) is 17.8 Å². The largest absolute Gasteiger partial charge is 0.493 e. The van der Waals surface area contributed by atoms with Crippen molar-refractivity contribution >= 4 is 11.9 Å². The molecule has 0 saturated carbocycles. The summed E-state index contributed by atoms with van der Waals surface area (Å²) in [5, 5.41) is 0. The van der Waals surface area contributed by atoms with E-state index in [1.165, 1.54) is 0 Å². The zero-order valence-corrected chi connectivity index (χ0v) is 18.4. The lowest BCUT2D eigenvalue weighted by molar-refractivity contribution is 0.0992. The molecule has 0 aromatic heterocycles. The van der Waals surface area contributed by atoms with Gasteiger partial charge in [-0.15, -0.1) is 0 Å². The fourth-order valence-corrected chi connectivity index (χ4v) is 3.34. The van der Waals surface area contributed by atoms with Crippen molar-refractivity contribution in [2.75, 3.05) is 20.8 Å². The van der Waals surface area contributed by atoms with Gasteiger partial charge in [0, 0.05) is 17.5 Å². The fraction of sp³-hybridized carbons (Fsp3) is 0.400. The fourth-order valence-electron chi connectivity index (χ4n) is 3.34. The van der Waals surface area contributed by atoms with Crippen LogP contribution in [0.3, 0.4) is 0 Å². The van der Waals surface area contributed by atoms with Crippen LogP contribution in [0.4, 0.5) is 0 Å². The first kappa shape index (κ1) is 21.8. The summed E-state index contributed by atoms with van der Waals surface area (Å²) in [6.07, 6.45) is 6.22. The SMILES string of the molecule is CCCCOc1c(OC)cc(CC(=O)c2ccc3c(c2)C=CC(C)(C)O3)cc1OC. The number of hydrogen-bond acceptors (Lipinski definition) is 5. The van der Waals surface area contributed by atoms with E-state index in [0.29, 0.717) is 29.4 Å². The Hall–Kier alpha value is -2.95. The van der Waals surface area contributed by atoms with Crippen molar-refractivity contribution in [2.45, 2.75) is 45.6 Å². The summed E-state index contributed by atoms with van der Waals surface area (Å²) in [6.45, 7) is 6.70. The monoisotopic (exact) mass is 410 g/mol. The van der Waals surface area contributed by atoms with Crippen LogP contribution in [0.15, 0.2) is 36.4 Å². The number of rotatable bonds is 9. The van der Waals surface area contributed by atoms with Gasteiger partial charge in [0.15, 0.2) is 17.3 Å². The van der Waals surface area contributed by atoms with E-state index < -0.39 is 0 Å². The number of unbranched alkanes of at least 4 members (excludes halogenated alkanes) is 1. The Kier molecular flexibility index (Phi) is 6.70. The van der Waals surface area contributed by atoms with Gasteiger partial charge in [-0.25, -0.2) is 0 Å². The molecular formula is C25H30O5. The maximum Gasteiger partial charge on any atom is 0.203 e. The molecule has 0 atom stereocenters. The van der Waals surface area contributed by atoms with Crippen molar-refractivity contribution in [3.05, 3.63) is 53.1 Å². The summed E-state index contributed by atoms with van der Waals surface area (Å²) >= 11 is 0. The molecule has 30 heavy (non-hydrogen) atoms. The summed E-state index contributed by atoms with van der Waals surface area (Å²) in [5.74, 6) is 2.51. The van der Waals surface area contributed by atoms with Gasteiger partial charge in [-0.2, -0.15) is 0 Å². The van der Waals surface area contributed by atoms with Crippen LogP contribution in [-0.2, 0) is 6.42 Å². The van der Waals surface area contributed by atoms with Gasteiger partial charge in [-0.3, -0.25) is 4.79 Å². The number of fused-ring (bicyclic) bond motifs is 1. The Balaban J connectivity index is 1.81. The van der Waals surface area contributed by atoms with Gasteiger partial charge in [-0.05, 0) is 62.2 Å². The lowest BCUT2D eigenvalue weighted by atomic mass is 9.97. The van der Waals surface area contributed by atoms with Crippen LogP contribution in [0.5, 0.6) is 23.0 Å². The first-order valence-corrected chi connectivity index (χ1v) is 10.3. The van der Waals surface area contributed by atoms with Crippen molar-refractivity contribution in [1.82, 2.24) is 0 Å². The van der Waals surface area contributed by atoms with Crippen LogP contribution in [0, 0.1) is 0 Å². The third-order valence-electron chi connectivity index (χ3n) is 5.00. The van der Waals surface area contributed by atoms with Crippen molar-refractivity contribution in [3.8, 4) is 23.0 Å². The Labute approximate surface area is 178 Å². The predicted molar refractivity (Wildman–Crippen MR) is 118 cm³/mol. The summed E-state index contributed by atoms with van der Waals surface area (Å²) in [5.41, 5.74) is 2.02. The topological polar surface area (TPSA) is 54.0 Å². The molecule has 0 aliphatic carbocycles. The molecule has 0 radical (unpaired) electrons. The highest BCUT2D eigenvalue weighted by Crippen LogP contribution is 2.39. The average molecular weight is 411 g/mol. The molecule has 0 spiro atoms. The lowest BCUT2D eigenvalue weighted by Crippen LogP contribution is -2.27. The zero-order valence-electron chi connectivity index (χ0n) is 18.4. The van der Waals surface area contributed by atoms with Crippen LogP contribution in [0.25, 0.3) is 6.08 Å². The summed E-state index contributed by atoms with van der Waals surface area (Å²) in [4.78, 5) is 12.9. The van der Waals surface area contributed by atoms with Crippen molar-refractivity contribution in [1.29, 1.82) is 0 Å². The highest BCUT2D eigenvalue weighted by atomic mass is 16.5. The number of ketones is 1. The van der Waals surface area contributed by atoms with Gasteiger partial charge in [0.1, 0.15) is 11.4 Å². The summed E-state index contributed by atoms with van der Waals surface area (Å²) < 4.78 is 22.8. The summed E-state index contributed by atoms with van der Waals surface area (Å²) in [6, 6.07) is 9.23. The molecule has 1 heterocycles. The molecule has 0 unspecified atom stereocenters. The van der Waals surface area contributed by atoms with Crippen molar-refractivity contribution < 1.29 is 23.7 Å². The van der Waals surface area contributed by atoms with Gasteiger partial charge >= 0.3 is 0 Å². The number of benzene rings is 2. The van der Waals surface area contributed by atoms with E-state index in [9.17, 15) is 4.79 Å². The molecule has 0 bridgehead atoms. The standard InChI is InChI=1S/C25H30O5/c1-6-7-12-29-24-22(27-4)14-17(15-23(24)28-5)13-20(26)18-8-9-21-19(16-18)10-11-25(2,3)30-21/h8-11,14-16H,6-7,12-13H2,1-5H3. The Morgan fingerprint density at radius 2 is 1.77 bits per heavy atom. The Morgan fingerprint density at radius 3 is 2.40 bits per heavy atom. The van der Waals surface area contributed by atoms with Gasteiger partial charge in [0.05, 0.1) is 20.8 Å². The molecule has 0 N–H and O–H groups in total. The maximum atomic E-state index is 12.9. The zero-order chi connectivity index (χ0) is 21.7. The van der Waals surface area contributed by atoms with Crippen molar-refractivity contribution in [3.63, 3.8) is 0 Å². The van der Waals surface area contributed by atoms with E-state index in [2.05, 4.69) is 6.92 Å². The minimum atomic E-state index is -0.341. The first-order chi connectivity index (χ1) is 14.4. The predicted octanol–water partition coefficient (Wildman–Crippen LogP) is 5.49. The number of hydrogen-bond donors (Lipinski definition) is 0. The molecule has 0 fully saturated rings. The first-order valence-electron chi connectivity index (χ1n) is 10.3. The van der Waals surface area contributed by atoms with Crippen LogP contribution in [0.1, 0.15) is 55.1 Å².